The Hall–Kier alpha value is -2.58. The average molecular weight is 379 g/mol. The molecule has 0 aliphatic carbocycles. The van der Waals surface area contributed by atoms with E-state index in [4.69, 9.17) is 4.74 Å². The van der Waals surface area contributed by atoms with E-state index in [0.29, 0.717) is 11.1 Å². The Bertz CT molecular complexity index is 892. The normalized spacial score (nSPS) is 11.4. The van der Waals surface area contributed by atoms with E-state index in [2.05, 4.69) is 0 Å². The number of benzene rings is 2. The van der Waals surface area contributed by atoms with Crippen LogP contribution in [-0.2, 0) is 26.2 Å². The Morgan fingerprint density at radius 2 is 1.62 bits per heavy atom. The summed E-state index contributed by atoms with van der Waals surface area (Å²) in [5, 5.41) is 0. The lowest BCUT2D eigenvalue weighted by molar-refractivity contribution is -0.144. The average Bonchev–Trinajstić information content (AvgIpc) is 2.61. The van der Waals surface area contributed by atoms with E-state index in [1.807, 2.05) is 0 Å². The maximum Gasteiger partial charge on any atom is 0.321 e. The predicted molar refractivity (Wildman–Crippen MR) is 92.5 cm³/mol. The van der Waals surface area contributed by atoms with Crippen molar-refractivity contribution < 1.29 is 27.1 Å². The smallest absolute Gasteiger partial charge is 0.321 e. The number of sulfonamides is 1. The molecular formula is C18H18FNO5S. The maximum absolute atomic E-state index is 12.8. The fourth-order valence-electron chi connectivity index (χ4n) is 2.10. The van der Waals surface area contributed by atoms with Crippen molar-refractivity contribution in [3.63, 3.8) is 0 Å². The summed E-state index contributed by atoms with van der Waals surface area (Å²) in [4.78, 5) is 23.1. The van der Waals surface area contributed by atoms with Gasteiger partial charge in [-0.25, -0.2) is 12.8 Å². The van der Waals surface area contributed by atoms with E-state index >= 15 is 0 Å². The number of halogens is 1. The topological polar surface area (TPSA) is 80.8 Å². The van der Waals surface area contributed by atoms with Crippen molar-refractivity contribution >= 4 is 21.8 Å². The Balaban J connectivity index is 1.98. The number of rotatable bonds is 7. The molecule has 2 aromatic rings. The van der Waals surface area contributed by atoms with Crippen LogP contribution in [0.25, 0.3) is 0 Å². The molecule has 0 atom stereocenters. The number of nitrogens with zero attached hydrogens (tertiary/aromatic N) is 1. The molecule has 0 unspecified atom stereocenters. The molecule has 0 radical (unpaired) electrons. The van der Waals surface area contributed by atoms with Crippen LogP contribution >= 0.6 is 0 Å². The molecule has 0 aliphatic heterocycles. The summed E-state index contributed by atoms with van der Waals surface area (Å²) in [6.45, 7) is 0.824. The lowest BCUT2D eigenvalue weighted by atomic mass is 10.2. The number of likely N-dealkylation sites (N-methyl/N-ethyl adjacent to an activating group) is 1. The maximum atomic E-state index is 12.8. The Morgan fingerprint density at radius 1 is 1.04 bits per heavy atom. The van der Waals surface area contributed by atoms with E-state index < -0.39 is 28.4 Å². The van der Waals surface area contributed by atoms with Gasteiger partial charge in [-0.3, -0.25) is 9.59 Å². The van der Waals surface area contributed by atoms with Crippen LogP contribution in [0.4, 0.5) is 4.39 Å². The second kappa shape index (κ2) is 8.20. The summed E-state index contributed by atoms with van der Waals surface area (Å²) in [5.41, 5.74) is 0.982. The van der Waals surface area contributed by atoms with Crippen LogP contribution in [0.3, 0.4) is 0 Å². The molecule has 2 rings (SSSR count). The van der Waals surface area contributed by atoms with Crippen molar-refractivity contribution in [2.24, 2.45) is 0 Å². The molecule has 0 N–H and O–H groups in total. The van der Waals surface area contributed by atoms with Gasteiger partial charge in [0.2, 0.25) is 10.0 Å². The Labute approximate surface area is 151 Å². The third-order valence-electron chi connectivity index (χ3n) is 3.63. The van der Waals surface area contributed by atoms with Crippen molar-refractivity contribution in [3.05, 3.63) is 65.5 Å². The number of ether oxygens (including phenoxy) is 1. The largest absolute Gasteiger partial charge is 0.460 e. The first kappa shape index (κ1) is 19.7. The first-order valence-electron chi connectivity index (χ1n) is 7.67. The molecule has 0 amide bonds. The molecule has 2 aromatic carbocycles. The highest BCUT2D eigenvalue weighted by atomic mass is 32.2. The Morgan fingerprint density at radius 3 is 2.15 bits per heavy atom. The van der Waals surface area contributed by atoms with Gasteiger partial charge in [-0.2, -0.15) is 4.31 Å². The molecule has 0 heterocycles. The van der Waals surface area contributed by atoms with Gasteiger partial charge in [0.15, 0.2) is 5.78 Å². The van der Waals surface area contributed by atoms with Crippen molar-refractivity contribution in [1.82, 2.24) is 4.31 Å². The fraction of sp³-hybridized carbons (Fsp3) is 0.222. The molecule has 0 spiro atoms. The number of Topliss-reactive ketones (excluding diaryl/α,β-unsaturated/α-hetero) is 1. The van der Waals surface area contributed by atoms with Gasteiger partial charge >= 0.3 is 5.97 Å². The third-order valence-corrected chi connectivity index (χ3v) is 5.45. The molecular weight excluding hydrogens is 361 g/mol. The molecule has 0 bridgehead atoms. The zero-order chi connectivity index (χ0) is 19.3. The third kappa shape index (κ3) is 4.96. The van der Waals surface area contributed by atoms with Crippen molar-refractivity contribution in [2.45, 2.75) is 18.4 Å². The minimum absolute atomic E-state index is 0.0312. The van der Waals surface area contributed by atoms with Gasteiger partial charge in [0, 0.05) is 12.6 Å². The van der Waals surface area contributed by atoms with Gasteiger partial charge in [0.1, 0.15) is 19.0 Å². The SMILES string of the molecule is CC(=O)c1ccc(S(=O)(=O)N(C)CC(=O)OCc2ccc(F)cc2)cc1. The highest BCUT2D eigenvalue weighted by Gasteiger charge is 2.23. The van der Waals surface area contributed by atoms with Crippen LogP contribution in [0.5, 0.6) is 0 Å². The predicted octanol–water partition coefficient (Wildman–Crippen LogP) is 2.39. The second-order valence-electron chi connectivity index (χ2n) is 5.63. The first-order chi connectivity index (χ1) is 12.2. The van der Waals surface area contributed by atoms with Gasteiger partial charge in [-0.05, 0) is 36.8 Å². The molecule has 0 aliphatic rings. The molecule has 0 saturated carbocycles. The van der Waals surface area contributed by atoms with E-state index in [0.717, 1.165) is 4.31 Å². The van der Waals surface area contributed by atoms with Crippen LogP contribution < -0.4 is 0 Å². The van der Waals surface area contributed by atoms with Crippen LogP contribution in [0.2, 0.25) is 0 Å². The van der Waals surface area contributed by atoms with Gasteiger partial charge < -0.3 is 4.74 Å². The number of hydrogen-bond acceptors (Lipinski definition) is 5. The van der Waals surface area contributed by atoms with E-state index in [1.54, 1.807) is 0 Å². The lowest BCUT2D eigenvalue weighted by Crippen LogP contribution is -2.33. The van der Waals surface area contributed by atoms with E-state index in [1.165, 1.54) is 62.5 Å². The summed E-state index contributed by atoms with van der Waals surface area (Å²) in [6.07, 6.45) is 0. The standard InChI is InChI=1S/C18H18FNO5S/c1-13(21)15-5-9-17(10-6-15)26(23,24)20(2)11-18(22)25-12-14-3-7-16(19)8-4-14/h3-10H,11-12H2,1-2H3. The number of carbonyl (C=O) groups is 2. The van der Waals surface area contributed by atoms with Gasteiger partial charge in [0.05, 0.1) is 4.90 Å². The van der Waals surface area contributed by atoms with Crippen LogP contribution in [0.15, 0.2) is 53.4 Å². The monoisotopic (exact) mass is 379 g/mol. The van der Waals surface area contributed by atoms with Crippen LogP contribution in [0.1, 0.15) is 22.8 Å². The van der Waals surface area contributed by atoms with Gasteiger partial charge in [-0.1, -0.05) is 24.3 Å². The molecule has 0 saturated heterocycles. The fourth-order valence-corrected chi connectivity index (χ4v) is 3.21. The molecule has 6 nitrogen and oxygen atoms in total. The number of esters is 1. The number of carbonyl (C=O) groups excluding carboxylic acids is 2. The van der Waals surface area contributed by atoms with Gasteiger partial charge in [-0.15, -0.1) is 0 Å². The molecule has 8 heteroatoms. The Kier molecular flexibility index (Phi) is 6.23. The highest BCUT2D eigenvalue weighted by molar-refractivity contribution is 7.89. The molecule has 138 valence electrons. The summed E-state index contributed by atoms with van der Waals surface area (Å²) >= 11 is 0. The van der Waals surface area contributed by atoms with E-state index in [-0.39, 0.29) is 17.3 Å². The molecule has 26 heavy (non-hydrogen) atoms. The summed E-state index contributed by atoms with van der Waals surface area (Å²) < 4.78 is 43.6. The summed E-state index contributed by atoms with van der Waals surface area (Å²) in [7, 11) is -2.64. The van der Waals surface area contributed by atoms with Crippen molar-refractivity contribution in [3.8, 4) is 0 Å². The minimum atomic E-state index is -3.89. The van der Waals surface area contributed by atoms with Crippen LogP contribution in [-0.4, -0.2) is 38.1 Å². The van der Waals surface area contributed by atoms with Crippen molar-refractivity contribution in [2.75, 3.05) is 13.6 Å². The van der Waals surface area contributed by atoms with Crippen LogP contribution in [0, 0.1) is 5.82 Å². The minimum Gasteiger partial charge on any atom is -0.460 e. The summed E-state index contributed by atoms with van der Waals surface area (Å²) in [5.74, 6) is -1.31. The van der Waals surface area contributed by atoms with E-state index in [9.17, 15) is 22.4 Å². The number of ketones is 1. The summed E-state index contributed by atoms with van der Waals surface area (Å²) in [6, 6.07) is 10.9. The zero-order valence-corrected chi connectivity index (χ0v) is 15.1. The lowest BCUT2D eigenvalue weighted by Gasteiger charge is -2.16. The highest BCUT2D eigenvalue weighted by Crippen LogP contribution is 2.15. The molecule has 0 fully saturated rings. The van der Waals surface area contributed by atoms with Gasteiger partial charge in [0.25, 0.3) is 0 Å². The second-order valence-corrected chi connectivity index (χ2v) is 7.67. The van der Waals surface area contributed by atoms with Crippen molar-refractivity contribution in [1.29, 1.82) is 0 Å². The zero-order valence-electron chi connectivity index (χ0n) is 14.3. The molecule has 0 aromatic heterocycles. The quantitative estimate of drug-likeness (QED) is 0.545. The number of hydrogen-bond donors (Lipinski definition) is 0. The first-order valence-corrected chi connectivity index (χ1v) is 9.11.